The van der Waals surface area contributed by atoms with E-state index in [9.17, 15) is 0 Å². The molecule has 0 aliphatic heterocycles. The van der Waals surface area contributed by atoms with E-state index in [1.54, 1.807) is 6.26 Å². The van der Waals surface area contributed by atoms with Gasteiger partial charge in [0.15, 0.2) is 0 Å². The van der Waals surface area contributed by atoms with Crippen LogP contribution in [0, 0.1) is 0 Å². The highest BCUT2D eigenvalue weighted by Gasteiger charge is 2.10. The Morgan fingerprint density at radius 2 is 1.60 bits per heavy atom. The van der Waals surface area contributed by atoms with Gasteiger partial charge < -0.3 is 18.3 Å². The van der Waals surface area contributed by atoms with Crippen LogP contribution in [-0.4, -0.2) is 26.4 Å². The van der Waals surface area contributed by atoms with E-state index in [0.717, 1.165) is 5.57 Å². The highest BCUT2D eigenvalue weighted by Crippen LogP contribution is 2.39. The molecular weight excluding hydrogens is 215 g/mol. The Bertz CT molecular complexity index is 167. The molecule has 0 heterocycles. The molecule has 90 valence electrons. The van der Waals surface area contributed by atoms with Crippen LogP contribution in [0.15, 0.2) is 11.8 Å². The molecule has 0 aromatic rings. The van der Waals surface area contributed by atoms with Gasteiger partial charge in [0.2, 0.25) is 0 Å². The van der Waals surface area contributed by atoms with Gasteiger partial charge in [-0.2, -0.15) is 0 Å². The molecular formula is C10H21O4P. The summed E-state index contributed by atoms with van der Waals surface area (Å²) in [5.74, 6) is 0. The molecule has 0 aliphatic rings. The standard InChI is InChI=1S/C10H21O4P/c1-5-11-8-10(4)9-14-15(12-6-2)13-7-3/h8H,5-7,9H2,1-4H3/b10-8+. The Hall–Kier alpha value is -0.150. The second-order valence-corrected chi connectivity index (χ2v) is 3.97. The average molecular weight is 236 g/mol. The molecule has 0 bridgehead atoms. The van der Waals surface area contributed by atoms with Gasteiger partial charge >= 0.3 is 8.60 Å². The van der Waals surface area contributed by atoms with E-state index in [1.807, 2.05) is 27.7 Å². The van der Waals surface area contributed by atoms with Gasteiger partial charge in [0.05, 0.1) is 32.7 Å². The smallest absolute Gasteiger partial charge is 0.332 e. The van der Waals surface area contributed by atoms with Gasteiger partial charge in [0.25, 0.3) is 0 Å². The van der Waals surface area contributed by atoms with E-state index in [2.05, 4.69) is 0 Å². The SMILES string of the molecule is CCO/C=C(\C)COP(OCC)OCC. The largest absolute Gasteiger partial charge is 0.501 e. The Morgan fingerprint density at radius 3 is 2.07 bits per heavy atom. The molecule has 0 saturated carbocycles. The lowest BCUT2D eigenvalue weighted by atomic mass is 10.4. The third-order valence-electron chi connectivity index (χ3n) is 1.32. The molecule has 0 atom stereocenters. The van der Waals surface area contributed by atoms with E-state index in [-0.39, 0.29) is 0 Å². The average Bonchev–Trinajstić information content (AvgIpc) is 2.23. The summed E-state index contributed by atoms with van der Waals surface area (Å²) >= 11 is 0. The third-order valence-corrected chi connectivity index (χ3v) is 2.60. The van der Waals surface area contributed by atoms with Gasteiger partial charge in [-0.3, -0.25) is 0 Å². The monoisotopic (exact) mass is 236 g/mol. The molecule has 0 radical (unpaired) electrons. The first-order valence-electron chi connectivity index (χ1n) is 5.20. The summed E-state index contributed by atoms with van der Waals surface area (Å²) in [5.41, 5.74) is 1.02. The molecule has 0 rings (SSSR count). The fourth-order valence-corrected chi connectivity index (χ4v) is 1.69. The maximum atomic E-state index is 5.45. The van der Waals surface area contributed by atoms with Gasteiger partial charge in [-0.05, 0) is 33.3 Å². The van der Waals surface area contributed by atoms with Gasteiger partial charge in [0, 0.05) is 0 Å². The summed E-state index contributed by atoms with van der Waals surface area (Å²) in [6.07, 6.45) is 1.70. The fraction of sp³-hybridized carbons (Fsp3) is 0.800. The highest BCUT2D eigenvalue weighted by atomic mass is 31.2. The number of hydrogen-bond donors (Lipinski definition) is 0. The molecule has 0 saturated heterocycles. The van der Waals surface area contributed by atoms with E-state index in [4.69, 9.17) is 18.3 Å². The minimum Gasteiger partial charge on any atom is -0.501 e. The lowest BCUT2D eigenvalue weighted by Gasteiger charge is -2.14. The van der Waals surface area contributed by atoms with Crippen LogP contribution in [0.3, 0.4) is 0 Å². The lowest BCUT2D eigenvalue weighted by molar-refractivity contribution is 0.177. The molecule has 4 nitrogen and oxygen atoms in total. The molecule has 0 spiro atoms. The molecule has 0 aromatic carbocycles. The van der Waals surface area contributed by atoms with Crippen molar-refractivity contribution in [1.82, 2.24) is 0 Å². The maximum absolute atomic E-state index is 5.45. The molecule has 0 aromatic heterocycles. The van der Waals surface area contributed by atoms with Gasteiger partial charge in [-0.15, -0.1) is 0 Å². The second kappa shape index (κ2) is 10.4. The normalized spacial score (nSPS) is 12.2. The summed E-state index contributed by atoms with van der Waals surface area (Å²) in [4.78, 5) is 0. The first-order valence-corrected chi connectivity index (χ1v) is 6.30. The van der Waals surface area contributed by atoms with E-state index < -0.39 is 8.60 Å². The lowest BCUT2D eigenvalue weighted by Crippen LogP contribution is -1.98. The zero-order valence-electron chi connectivity index (χ0n) is 9.99. The first-order chi connectivity index (χ1) is 7.24. The zero-order chi connectivity index (χ0) is 11.5. The van der Waals surface area contributed by atoms with Crippen LogP contribution < -0.4 is 0 Å². The van der Waals surface area contributed by atoms with Crippen LogP contribution in [0.25, 0.3) is 0 Å². The van der Waals surface area contributed by atoms with Crippen molar-refractivity contribution in [2.24, 2.45) is 0 Å². The van der Waals surface area contributed by atoms with Crippen molar-refractivity contribution in [2.75, 3.05) is 26.4 Å². The molecule has 15 heavy (non-hydrogen) atoms. The Balaban J connectivity index is 3.76. The van der Waals surface area contributed by atoms with E-state index >= 15 is 0 Å². The van der Waals surface area contributed by atoms with Crippen LogP contribution in [-0.2, 0) is 18.3 Å². The van der Waals surface area contributed by atoms with Crippen LogP contribution in [0.5, 0.6) is 0 Å². The fourth-order valence-electron chi connectivity index (χ4n) is 0.737. The van der Waals surface area contributed by atoms with Crippen molar-refractivity contribution in [2.45, 2.75) is 27.7 Å². The number of rotatable bonds is 9. The minimum atomic E-state index is -1.20. The van der Waals surface area contributed by atoms with Crippen molar-refractivity contribution in [3.63, 3.8) is 0 Å². The Kier molecular flexibility index (Phi) is 10.3. The molecule has 0 fully saturated rings. The van der Waals surface area contributed by atoms with Gasteiger partial charge in [0.1, 0.15) is 0 Å². The molecule has 0 N–H and O–H groups in total. The van der Waals surface area contributed by atoms with E-state index in [1.165, 1.54) is 0 Å². The second-order valence-electron chi connectivity index (χ2n) is 2.75. The number of hydrogen-bond acceptors (Lipinski definition) is 4. The van der Waals surface area contributed by atoms with E-state index in [0.29, 0.717) is 26.4 Å². The van der Waals surface area contributed by atoms with Gasteiger partial charge in [-0.25, -0.2) is 0 Å². The number of ether oxygens (including phenoxy) is 1. The van der Waals surface area contributed by atoms with Crippen molar-refractivity contribution < 1.29 is 18.3 Å². The van der Waals surface area contributed by atoms with Crippen LogP contribution in [0.1, 0.15) is 27.7 Å². The van der Waals surface area contributed by atoms with Gasteiger partial charge in [-0.1, -0.05) is 0 Å². The minimum absolute atomic E-state index is 0.478. The third kappa shape index (κ3) is 8.82. The molecule has 0 unspecified atom stereocenters. The van der Waals surface area contributed by atoms with Crippen molar-refractivity contribution in [3.05, 3.63) is 11.8 Å². The summed E-state index contributed by atoms with van der Waals surface area (Å²) in [5, 5.41) is 0. The van der Waals surface area contributed by atoms with Crippen LogP contribution in [0.2, 0.25) is 0 Å². The quantitative estimate of drug-likeness (QED) is 0.455. The predicted molar refractivity (Wildman–Crippen MR) is 61.5 cm³/mol. The summed E-state index contributed by atoms with van der Waals surface area (Å²) in [7, 11) is -1.20. The van der Waals surface area contributed by atoms with Crippen molar-refractivity contribution in [1.29, 1.82) is 0 Å². The Labute approximate surface area is 93.5 Å². The maximum Gasteiger partial charge on any atom is 0.332 e. The predicted octanol–water partition coefficient (Wildman–Crippen LogP) is 3.24. The molecule has 0 amide bonds. The molecule has 0 aliphatic carbocycles. The summed E-state index contributed by atoms with van der Waals surface area (Å²) in [6, 6.07) is 0. The van der Waals surface area contributed by atoms with Crippen LogP contribution >= 0.6 is 8.60 Å². The van der Waals surface area contributed by atoms with Crippen molar-refractivity contribution >= 4 is 8.60 Å². The first kappa shape index (κ1) is 14.8. The summed E-state index contributed by atoms with van der Waals surface area (Å²) in [6.45, 7) is 10.1. The van der Waals surface area contributed by atoms with Crippen molar-refractivity contribution in [3.8, 4) is 0 Å². The summed E-state index contributed by atoms with van der Waals surface area (Å²) < 4.78 is 21.2. The van der Waals surface area contributed by atoms with Crippen LogP contribution in [0.4, 0.5) is 0 Å². The molecule has 5 heteroatoms. The topological polar surface area (TPSA) is 36.9 Å². The zero-order valence-corrected chi connectivity index (χ0v) is 10.9. The highest BCUT2D eigenvalue weighted by molar-refractivity contribution is 7.41. The Morgan fingerprint density at radius 1 is 1.00 bits per heavy atom.